The number of nitrogens with zero attached hydrogens (tertiary/aromatic N) is 1. The van der Waals surface area contributed by atoms with Gasteiger partial charge in [0.05, 0.1) is 13.3 Å². The highest BCUT2D eigenvalue weighted by Crippen LogP contribution is 2.30. The van der Waals surface area contributed by atoms with Crippen molar-refractivity contribution in [2.45, 2.75) is 44.6 Å². The van der Waals surface area contributed by atoms with Crippen molar-refractivity contribution < 1.29 is 4.74 Å². The van der Waals surface area contributed by atoms with Gasteiger partial charge in [-0.2, -0.15) is 5.10 Å². The summed E-state index contributed by atoms with van der Waals surface area (Å²) in [5.74, 6) is 2.59. The van der Waals surface area contributed by atoms with Gasteiger partial charge in [-0.15, -0.1) is 11.8 Å². The van der Waals surface area contributed by atoms with Crippen LogP contribution in [0.4, 0.5) is 0 Å². The summed E-state index contributed by atoms with van der Waals surface area (Å²) in [5.41, 5.74) is 2.57. The molecular weight excluding hydrogens is 318 g/mol. The highest BCUT2D eigenvalue weighted by atomic mass is 32.2. The molecule has 0 radical (unpaired) electrons. The SMILES string of the molecule is COc1ccccc1SCC(C)CNCc1cn[nH]c1C(C)(C)C. The number of H-pyrrole nitrogens is 1. The van der Waals surface area contributed by atoms with E-state index in [0.717, 1.165) is 24.6 Å². The van der Waals surface area contributed by atoms with E-state index in [1.54, 1.807) is 7.11 Å². The van der Waals surface area contributed by atoms with Gasteiger partial charge in [0.25, 0.3) is 0 Å². The molecule has 2 N–H and O–H groups in total. The van der Waals surface area contributed by atoms with Gasteiger partial charge in [0, 0.05) is 33.9 Å². The number of methoxy groups -OCH3 is 1. The lowest BCUT2D eigenvalue weighted by atomic mass is 9.89. The first-order valence-corrected chi connectivity index (χ1v) is 9.39. The second kappa shape index (κ2) is 8.58. The van der Waals surface area contributed by atoms with Crippen molar-refractivity contribution in [2.75, 3.05) is 19.4 Å². The van der Waals surface area contributed by atoms with Gasteiger partial charge in [-0.3, -0.25) is 5.10 Å². The Balaban J connectivity index is 1.78. The van der Waals surface area contributed by atoms with Crippen LogP contribution in [0.3, 0.4) is 0 Å². The second-order valence-electron chi connectivity index (χ2n) is 7.22. The number of para-hydroxylation sites is 1. The highest BCUT2D eigenvalue weighted by Gasteiger charge is 2.19. The molecule has 0 aliphatic heterocycles. The first-order chi connectivity index (χ1) is 11.4. The van der Waals surface area contributed by atoms with E-state index in [1.807, 2.05) is 30.1 Å². The molecule has 0 bridgehead atoms. The molecular formula is C19H29N3OS. The van der Waals surface area contributed by atoms with E-state index in [9.17, 15) is 0 Å². The predicted octanol–water partition coefficient (Wildman–Crippen LogP) is 4.23. The maximum atomic E-state index is 5.41. The maximum absolute atomic E-state index is 5.41. The maximum Gasteiger partial charge on any atom is 0.132 e. The average molecular weight is 348 g/mol. The topological polar surface area (TPSA) is 49.9 Å². The van der Waals surface area contributed by atoms with Gasteiger partial charge in [-0.25, -0.2) is 0 Å². The lowest BCUT2D eigenvalue weighted by Crippen LogP contribution is -2.24. The zero-order valence-electron chi connectivity index (χ0n) is 15.3. The molecule has 0 aliphatic rings. The van der Waals surface area contributed by atoms with Crippen molar-refractivity contribution in [3.63, 3.8) is 0 Å². The summed E-state index contributed by atoms with van der Waals surface area (Å²) >= 11 is 1.85. The van der Waals surface area contributed by atoms with Crippen molar-refractivity contribution in [3.05, 3.63) is 41.7 Å². The van der Waals surface area contributed by atoms with Crippen LogP contribution in [0.2, 0.25) is 0 Å². The van der Waals surface area contributed by atoms with Gasteiger partial charge in [0.15, 0.2) is 0 Å². The van der Waals surface area contributed by atoms with Gasteiger partial charge in [0.2, 0.25) is 0 Å². The average Bonchev–Trinajstić information content (AvgIpc) is 3.02. The third kappa shape index (κ3) is 5.28. The molecule has 4 nitrogen and oxygen atoms in total. The van der Waals surface area contributed by atoms with Gasteiger partial charge in [-0.1, -0.05) is 39.8 Å². The Labute approximate surface area is 149 Å². The summed E-state index contributed by atoms with van der Waals surface area (Å²) < 4.78 is 5.41. The molecule has 1 aromatic carbocycles. The van der Waals surface area contributed by atoms with Crippen LogP contribution in [0.5, 0.6) is 5.75 Å². The molecule has 0 aliphatic carbocycles. The first kappa shape index (κ1) is 18.9. The molecule has 0 saturated carbocycles. The summed E-state index contributed by atoms with van der Waals surface area (Å²) in [6.45, 7) is 10.7. The fourth-order valence-corrected chi connectivity index (χ4v) is 3.63. The summed E-state index contributed by atoms with van der Waals surface area (Å²) in [6, 6.07) is 8.19. The summed E-state index contributed by atoms with van der Waals surface area (Å²) in [7, 11) is 1.72. The van der Waals surface area contributed by atoms with E-state index in [2.05, 4.69) is 55.3 Å². The monoisotopic (exact) mass is 347 g/mol. The molecule has 1 unspecified atom stereocenters. The quantitative estimate of drug-likeness (QED) is 0.702. The number of nitrogens with one attached hydrogen (secondary N) is 2. The fraction of sp³-hybridized carbons (Fsp3) is 0.526. The minimum atomic E-state index is 0.0961. The normalized spacial score (nSPS) is 13.0. The van der Waals surface area contributed by atoms with E-state index >= 15 is 0 Å². The smallest absolute Gasteiger partial charge is 0.132 e. The lowest BCUT2D eigenvalue weighted by molar-refractivity contribution is 0.404. The van der Waals surface area contributed by atoms with Crippen molar-refractivity contribution >= 4 is 11.8 Å². The Kier molecular flexibility index (Phi) is 6.75. The molecule has 0 fully saturated rings. The van der Waals surface area contributed by atoms with Crippen molar-refractivity contribution in [2.24, 2.45) is 5.92 Å². The zero-order chi connectivity index (χ0) is 17.6. The number of thioether (sulfide) groups is 1. The van der Waals surface area contributed by atoms with Gasteiger partial charge >= 0.3 is 0 Å². The summed E-state index contributed by atoms with van der Waals surface area (Å²) in [5, 5.41) is 10.9. The van der Waals surface area contributed by atoms with Crippen molar-refractivity contribution in [1.29, 1.82) is 0 Å². The number of ether oxygens (including phenoxy) is 1. The zero-order valence-corrected chi connectivity index (χ0v) is 16.2. The first-order valence-electron chi connectivity index (χ1n) is 8.41. The van der Waals surface area contributed by atoms with E-state index in [-0.39, 0.29) is 5.41 Å². The molecule has 132 valence electrons. The van der Waals surface area contributed by atoms with Crippen LogP contribution in [0.25, 0.3) is 0 Å². The van der Waals surface area contributed by atoms with E-state index in [1.165, 1.54) is 16.2 Å². The molecule has 24 heavy (non-hydrogen) atoms. The Morgan fingerprint density at radius 1 is 1.29 bits per heavy atom. The van der Waals surface area contributed by atoms with Gasteiger partial charge in [-0.05, 0) is 24.6 Å². The van der Waals surface area contributed by atoms with Gasteiger partial charge in [0.1, 0.15) is 5.75 Å². The number of hydrogen-bond donors (Lipinski definition) is 2. The van der Waals surface area contributed by atoms with Crippen LogP contribution in [-0.4, -0.2) is 29.6 Å². The Morgan fingerprint density at radius 2 is 2.04 bits per heavy atom. The molecule has 1 heterocycles. The standard InChI is InChI=1S/C19H29N3OS/c1-14(13-24-17-9-7-6-8-16(17)23-5)10-20-11-15-12-21-22-18(15)19(2,3)4/h6-9,12,14,20H,10-11,13H2,1-5H3,(H,21,22). The third-order valence-corrected chi connectivity index (χ3v) is 5.25. The second-order valence-corrected chi connectivity index (χ2v) is 8.28. The Morgan fingerprint density at radius 3 is 2.75 bits per heavy atom. The van der Waals surface area contributed by atoms with E-state index in [0.29, 0.717) is 5.92 Å². The van der Waals surface area contributed by atoms with E-state index < -0.39 is 0 Å². The highest BCUT2D eigenvalue weighted by molar-refractivity contribution is 7.99. The summed E-state index contributed by atoms with van der Waals surface area (Å²) in [6.07, 6.45) is 1.93. The fourth-order valence-electron chi connectivity index (χ4n) is 2.58. The number of aromatic nitrogens is 2. The van der Waals surface area contributed by atoms with Crippen LogP contribution in [0, 0.1) is 5.92 Å². The number of aromatic amines is 1. The molecule has 1 aromatic heterocycles. The number of rotatable bonds is 8. The number of hydrogen-bond acceptors (Lipinski definition) is 4. The van der Waals surface area contributed by atoms with Crippen LogP contribution >= 0.6 is 11.8 Å². The molecule has 2 rings (SSSR count). The van der Waals surface area contributed by atoms with Crippen LogP contribution in [0.1, 0.15) is 39.0 Å². The Bertz CT molecular complexity index is 634. The molecule has 0 amide bonds. The largest absolute Gasteiger partial charge is 0.496 e. The van der Waals surface area contributed by atoms with Crippen molar-refractivity contribution in [1.82, 2.24) is 15.5 Å². The van der Waals surface area contributed by atoms with Crippen LogP contribution in [-0.2, 0) is 12.0 Å². The lowest BCUT2D eigenvalue weighted by Gasteiger charge is -2.19. The predicted molar refractivity (Wildman–Crippen MR) is 102 cm³/mol. The Hall–Kier alpha value is -1.46. The molecule has 1 atom stereocenters. The number of benzene rings is 1. The van der Waals surface area contributed by atoms with E-state index in [4.69, 9.17) is 4.74 Å². The van der Waals surface area contributed by atoms with Crippen molar-refractivity contribution in [3.8, 4) is 5.75 Å². The minimum absolute atomic E-state index is 0.0961. The minimum Gasteiger partial charge on any atom is -0.496 e. The third-order valence-electron chi connectivity index (χ3n) is 3.87. The van der Waals surface area contributed by atoms with Crippen LogP contribution in [0.15, 0.2) is 35.4 Å². The molecule has 5 heteroatoms. The molecule has 0 spiro atoms. The molecule has 2 aromatic rings. The molecule has 0 saturated heterocycles. The van der Waals surface area contributed by atoms with Crippen LogP contribution < -0.4 is 10.1 Å². The summed E-state index contributed by atoms with van der Waals surface area (Å²) in [4.78, 5) is 1.21. The van der Waals surface area contributed by atoms with Gasteiger partial charge < -0.3 is 10.1 Å².